The Hall–Kier alpha value is -0.0800. The number of nitrogens with two attached hydrogens (primary N) is 2. The Balaban J connectivity index is 2.39. The van der Waals surface area contributed by atoms with Crippen molar-refractivity contribution in [3.63, 3.8) is 0 Å². The second-order valence-electron chi connectivity index (χ2n) is 4.29. The van der Waals surface area contributed by atoms with Crippen LogP contribution in [0.4, 0.5) is 0 Å². The molecule has 1 saturated carbocycles. The van der Waals surface area contributed by atoms with Gasteiger partial charge in [0.15, 0.2) is 0 Å². The molecule has 0 amide bonds. The van der Waals surface area contributed by atoms with Crippen molar-refractivity contribution in [2.45, 2.75) is 51.6 Å². The van der Waals surface area contributed by atoms with Gasteiger partial charge in [0, 0.05) is 12.1 Å². The third-order valence-electron chi connectivity index (χ3n) is 3.44. The van der Waals surface area contributed by atoms with Crippen molar-refractivity contribution in [1.82, 2.24) is 0 Å². The van der Waals surface area contributed by atoms with Crippen molar-refractivity contribution in [1.29, 1.82) is 0 Å². The lowest BCUT2D eigenvalue weighted by Crippen LogP contribution is -2.46. The molecule has 4 N–H and O–H groups in total. The fourth-order valence-electron chi connectivity index (χ4n) is 2.11. The van der Waals surface area contributed by atoms with E-state index in [9.17, 15) is 0 Å². The van der Waals surface area contributed by atoms with E-state index in [0.717, 1.165) is 24.7 Å². The maximum absolute atomic E-state index is 5.94. The Morgan fingerprint density at radius 2 is 1.92 bits per heavy atom. The van der Waals surface area contributed by atoms with Gasteiger partial charge in [-0.15, -0.1) is 0 Å². The van der Waals surface area contributed by atoms with Gasteiger partial charge in [0.05, 0.1) is 0 Å². The molecule has 0 radical (unpaired) electrons. The third-order valence-corrected chi connectivity index (χ3v) is 3.44. The van der Waals surface area contributed by atoms with Gasteiger partial charge in [0.25, 0.3) is 0 Å². The summed E-state index contributed by atoms with van der Waals surface area (Å²) in [6.45, 7) is 4.58. The van der Waals surface area contributed by atoms with E-state index in [1.54, 1.807) is 0 Å². The molecule has 1 fully saturated rings. The van der Waals surface area contributed by atoms with Crippen molar-refractivity contribution in [2.24, 2.45) is 23.3 Å². The zero-order valence-electron chi connectivity index (χ0n) is 8.29. The Bertz CT molecular complexity index is 136. The van der Waals surface area contributed by atoms with Crippen molar-refractivity contribution in [3.8, 4) is 0 Å². The highest BCUT2D eigenvalue weighted by atomic mass is 14.8. The first-order valence-corrected chi connectivity index (χ1v) is 5.16. The quantitative estimate of drug-likeness (QED) is 0.659. The first-order valence-electron chi connectivity index (χ1n) is 5.16. The fraction of sp³-hybridized carbons (Fsp3) is 1.00. The van der Waals surface area contributed by atoms with Crippen LogP contribution in [0.5, 0.6) is 0 Å². The monoisotopic (exact) mass is 170 g/mol. The Morgan fingerprint density at radius 1 is 1.25 bits per heavy atom. The molecule has 1 rings (SSSR count). The zero-order chi connectivity index (χ0) is 9.14. The average molecular weight is 170 g/mol. The molecule has 2 nitrogen and oxygen atoms in total. The van der Waals surface area contributed by atoms with Crippen LogP contribution < -0.4 is 11.5 Å². The molecule has 12 heavy (non-hydrogen) atoms. The summed E-state index contributed by atoms with van der Waals surface area (Å²) in [5.41, 5.74) is 11.8. The molecule has 72 valence electrons. The maximum Gasteiger partial charge on any atom is 0.0195 e. The summed E-state index contributed by atoms with van der Waals surface area (Å²) < 4.78 is 0. The molecule has 0 bridgehead atoms. The molecule has 4 unspecified atom stereocenters. The lowest BCUT2D eigenvalue weighted by atomic mass is 9.76. The molecule has 1 aliphatic carbocycles. The van der Waals surface area contributed by atoms with Crippen LogP contribution in [-0.2, 0) is 0 Å². The highest BCUT2D eigenvalue weighted by molar-refractivity contribution is 4.86. The van der Waals surface area contributed by atoms with Gasteiger partial charge in [-0.25, -0.2) is 0 Å². The predicted molar refractivity (Wildman–Crippen MR) is 52.7 cm³/mol. The lowest BCUT2D eigenvalue weighted by Gasteiger charge is -2.34. The Morgan fingerprint density at radius 3 is 2.42 bits per heavy atom. The van der Waals surface area contributed by atoms with Gasteiger partial charge in [-0.3, -0.25) is 0 Å². The topological polar surface area (TPSA) is 52.0 Å². The van der Waals surface area contributed by atoms with E-state index in [1.165, 1.54) is 12.8 Å². The smallest absolute Gasteiger partial charge is 0.0195 e. The van der Waals surface area contributed by atoms with Crippen LogP contribution in [0, 0.1) is 11.8 Å². The summed E-state index contributed by atoms with van der Waals surface area (Å²) in [7, 11) is 0. The van der Waals surface area contributed by atoms with Crippen LogP contribution in [-0.4, -0.2) is 12.1 Å². The van der Waals surface area contributed by atoms with Gasteiger partial charge in [-0.05, 0) is 31.1 Å². The lowest BCUT2D eigenvalue weighted by molar-refractivity contribution is 0.219. The molecule has 0 aromatic heterocycles. The van der Waals surface area contributed by atoms with E-state index in [0.29, 0.717) is 0 Å². The minimum Gasteiger partial charge on any atom is -0.326 e. The van der Waals surface area contributed by atoms with E-state index in [4.69, 9.17) is 11.5 Å². The second kappa shape index (κ2) is 4.24. The van der Waals surface area contributed by atoms with E-state index >= 15 is 0 Å². The molecule has 1 aliphatic rings. The first kappa shape index (κ1) is 10.0. The standard InChI is InChI=1S/C10H22N2/c1-3-7(2)8-4-5-9(11)10(12)6-8/h7-10H,3-6,11-12H2,1-2H3. The maximum atomic E-state index is 5.94. The van der Waals surface area contributed by atoms with Gasteiger partial charge in [0.1, 0.15) is 0 Å². The van der Waals surface area contributed by atoms with Crippen LogP contribution in [0.25, 0.3) is 0 Å². The predicted octanol–water partition coefficient (Wildman–Crippen LogP) is 1.49. The summed E-state index contributed by atoms with van der Waals surface area (Å²) in [5.74, 6) is 1.65. The van der Waals surface area contributed by atoms with Gasteiger partial charge >= 0.3 is 0 Å². The second-order valence-corrected chi connectivity index (χ2v) is 4.29. The van der Waals surface area contributed by atoms with Crippen molar-refractivity contribution in [2.75, 3.05) is 0 Å². The minimum atomic E-state index is 0.248. The summed E-state index contributed by atoms with van der Waals surface area (Å²) in [6.07, 6.45) is 4.81. The Labute approximate surface area is 75.7 Å². The summed E-state index contributed by atoms with van der Waals surface area (Å²) in [4.78, 5) is 0. The largest absolute Gasteiger partial charge is 0.326 e. The molecule has 2 heteroatoms. The van der Waals surface area contributed by atoms with Crippen molar-refractivity contribution >= 4 is 0 Å². The molecule has 4 atom stereocenters. The third kappa shape index (κ3) is 2.20. The average Bonchev–Trinajstić information content (AvgIpc) is 2.08. The van der Waals surface area contributed by atoms with Gasteiger partial charge in [-0.2, -0.15) is 0 Å². The highest BCUT2D eigenvalue weighted by Crippen LogP contribution is 2.30. The molecule has 0 saturated heterocycles. The van der Waals surface area contributed by atoms with Crippen LogP contribution in [0.3, 0.4) is 0 Å². The van der Waals surface area contributed by atoms with E-state index in [2.05, 4.69) is 13.8 Å². The number of hydrogen-bond acceptors (Lipinski definition) is 2. The van der Waals surface area contributed by atoms with E-state index in [-0.39, 0.29) is 12.1 Å². The SMILES string of the molecule is CCC(C)C1CCC(N)C(N)C1. The first-order chi connectivity index (χ1) is 5.65. The van der Waals surface area contributed by atoms with Crippen LogP contribution >= 0.6 is 0 Å². The van der Waals surface area contributed by atoms with E-state index < -0.39 is 0 Å². The van der Waals surface area contributed by atoms with Gasteiger partial charge in [-0.1, -0.05) is 20.3 Å². The number of hydrogen-bond donors (Lipinski definition) is 2. The van der Waals surface area contributed by atoms with Crippen LogP contribution in [0.2, 0.25) is 0 Å². The molecule has 0 spiro atoms. The van der Waals surface area contributed by atoms with Crippen molar-refractivity contribution in [3.05, 3.63) is 0 Å². The molecule has 0 aromatic rings. The highest BCUT2D eigenvalue weighted by Gasteiger charge is 2.27. The van der Waals surface area contributed by atoms with Gasteiger partial charge < -0.3 is 11.5 Å². The Kier molecular flexibility index (Phi) is 3.53. The van der Waals surface area contributed by atoms with Gasteiger partial charge in [0.2, 0.25) is 0 Å². The molecule has 0 aromatic carbocycles. The fourth-order valence-corrected chi connectivity index (χ4v) is 2.11. The normalized spacial score (nSPS) is 39.5. The summed E-state index contributed by atoms with van der Waals surface area (Å²) in [5, 5.41) is 0. The summed E-state index contributed by atoms with van der Waals surface area (Å²) >= 11 is 0. The van der Waals surface area contributed by atoms with Crippen LogP contribution in [0.15, 0.2) is 0 Å². The van der Waals surface area contributed by atoms with Crippen LogP contribution in [0.1, 0.15) is 39.5 Å². The van der Waals surface area contributed by atoms with E-state index in [1.807, 2.05) is 0 Å². The molecular weight excluding hydrogens is 148 g/mol. The molecule has 0 heterocycles. The summed E-state index contributed by atoms with van der Waals surface area (Å²) in [6, 6.07) is 0.503. The van der Waals surface area contributed by atoms with Crippen molar-refractivity contribution < 1.29 is 0 Å². The molecular formula is C10H22N2. The molecule has 0 aliphatic heterocycles. The minimum absolute atomic E-state index is 0.248. The zero-order valence-corrected chi connectivity index (χ0v) is 8.29. The number of rotatable bonds is 2.